The number of alkyl halides is 3. The highest BCUT2D eigenvalue weighted by atomic mass is 19.4. The Kier molecular flexibility index (Phi) is 4.63. The van der Waals surface area contributed by atoms with Gasteiger partial charge in [-0.2, -0.15) is 13.2 Å². The molecule has 0 saturated carbocycles. The highest BCUT2D eigenvalue weighted by Crippen LogP contribution is 2.32. The van der Waals surface area contributed by atoms with Gasteiger partial charge in [-0.25, -0.2) is 0 Å². The van der Waals surface area contributed by atoms with Crippen molar-refractivity contribution in [3.8, 4) is 11.1 Å². The van der Waals surface area contributed by atoms with E-state index in [9.17, 15) is 18.0 Å². The molecule has 1 amide bonds. The van der Waals surface area contributed by atoms with E-state index in [-0.39, 0.29) is 5.91 Å². The molecule has 0 radical (unpaired) electrons. The molecule has 0 N–H and O–H groups in total. The SMILES string of the molecule is O=C1c2cc(-c3ccc(C(F)(F)F)cc3)ccc2CCN1Cc1ccccn1. The first-order valence-electron chi connectivity index (χ1n) is 8.91. The molecule has 3 nitrogen and oxygen atoms in total. The minimum absolute atomic E-state index is 0.0827. The van der Waals surface area contributed by atoms with Crippen LogP contribution in [0.3, 0.4) is 0 Å². The number of aromatic nitrogens is 1. The summed E-state index contributed by atoms with van der Waals surface area (Å²) >= 11 is 0. The van der Waals surface area contributed by atoms with Gasteiger partial charge in [0.1, 0.15) is 0 Å². The predicted octanol–water partition coefficient (Wildman–Crippen LogP) is 4.97. The van der Waals surface area contributed by atoms with Gasteiger partial charge in [-0.15, -0.1) is 0 Å². The Morgan fingerprint density at radius 3 is 2.39 bits per heavy atom. The number of hydrogen-bond acceptors (Lipinski definition) is 2. The zero-order chi connectivity index (χ0) is 19.7. The summed E-state index contributed by atoms with van der Waals surface area (Å²) in [5, 5.41) is 0. The molecule has 0 bridgehead atoms. The number of hydrogen-bond donors (Lipinski definition) is 0. The van der Waals surface area contributed by atoms with Crippen LogP contribution >= 0.6 is 0 Å². The number of halogens is 3. The van der Waals surface area contributed by atoms with Gasteiger partial charge in [0.15, 0.2) is 0 Å². The van der Waals surface area contributed by atoms with Crippen molar-refractivity contribution in [3.63, 3.8) is 0 Å². The zero-order valence-electron chi connectivity index (χ0n) is 14.9. The fourth-order valence-corrected chi connectivity index (χ4v) is 3.39. The maximum Gasteiger partial charge on any atom is 0.416 e. The largest absolute Gasteiger partial charge is 0.416 e. The van der Waals surface area contributed by atoms with Crippen LogP contribution in [0.25, 0.3) is 11.1 Å². The van der Waals surface area contributed by atoms with Crippen LogP contribution in [-0.4, -0.2) is 22.3 Å². The first-order chi connectivity index (χ1) is 13.4. The summed E-state index contributed by atoms with van der Waals surface area (Å²) in [6.07, 6.45) is -1.93. The second-order valence-corrected chi connectivity index (χ2v) is 6.74. The quantitative estimate of drug-likeness (QED) is 0.641. The van der Waals surface area contributed by atoms with Crippen LogP contribution in [0.2, 0.25) is 0 Å². The lowest BCUT2D eigenvalue weighted by molar-refractivity contribution is -0.137. The average molecular weight is 382 g/mol. The molecule has 6 heteroatoms. The zero-order valence-corrected chi connectivity index (χ0v) is 14.9. The van der Waals surface area contributed by atoms with Crippen LogP contribution in [0.5, 0.6) is 0 Å². The van der Waals surface area contributed by atoms with E-state index in [2.05, 4.69) is 4.98 Å². The van der Waals surface area contributed by atoms with E-state index in [1.54, 1.807) is 17.2 Å². The van der Waals surface area contributed by atoms with Crippen molar-refractivity contribution in [2.45, 2.75) is 19.1 Å². The van der Waals surface area contributed by atoms with Gasteiger partial charge in [-0.05, 0) is 53.4 Å². The first-order valence-corrected chi connectivity index (χ1v) is 8.91. The summed E-state index contributed by atoms with van der Waals surface area (Å²) in [6.45, 7) is 1.05. The molecule has 0 unspecified atom stereocenters. The summed E-state index contributed by atoms with van der Waals surface area (Å²) in [5.41, 5.74) is 3.05. The number of amides is 1. The van der Waals surface area contributed by atoms with Crippen molar-refractivity contribution in [1.29, 1.82) is 0 Å². The van der Waals surface area contributed by atoms with Gasteiger partial charge in [0.2, 0.25) is 0 Å². The average Bonchev–Trinajstić information content (AvgIpc) is 2.70. The van der Waals surface area contributed by atoms with Crippen LogP contribution < -0.4 is 0 Å². The number of pyridine rings is 1. The highest BCUT2D eigenvalue weighted by molar-refractivity contribution is 5.98. The van der Waals surface area contributed by atoms with E-state index >= 15 is 0 Å². The Hall–Kier alpha value is -3.15. The third kappa shape index (κ3) is 3.63. The molecule has 1 aliphatic heterocycles. The predicted molar refractivity (Wildman–Crippen MR) is 99.6 cm³/mol. The van der Waals surface area contributed by atoms with Gasteiger partial charge in [0, 0.05) is 18.3 Å². The molecule has 0 atom stereocenters. The summed E-state index contributed by atoms with van der Waals surface area (Å²) in [7, 11) is 0. The molecule has 2 aromatic carbocycles. The molecule has 0 fully saturated rings. The van der Waals surface area contributed by atoms with Gasteiger partial charge in [0.25, 0.3) is 5.91 Å². The number of carbonyl (C=O) groups excluding carboxylic acids is 1. The topological polar surface area (TPSA) is 33.2 Å². The number of nitrogens with zero attached hydrogens (tertiary/aromatic N) is 2. The summed E-state index contributed by atoms with van der Waals surface area (Å²) in [5.74, 6) is -0.0827. The Bertz CT molecular complexity index is 999. The maximum absolute atomic E-state index is 12.9. The molecule has 1 aromatic heterocycles. The monoisotopic (exact) mass is 382 g/mol. The molecule has 0 saturated heterocycles. The molecule has 0 spiro atoms. The second-order valence-electron chi connectivity index (χ2n) is 6.74. The summed E-state index contributed by atoms with van der Waals surface area (Å²) in [6, 6.07) is 16.1. The number of rotatable bonds is 3. The van der Waals surface area contributed by atoms with Crippen LogP contribution in [0.15, 0.2) is 66.9 Å². The maximum atomic E-state index is 12.9. The molecule has 2 heterocycles. The molecule has 28 heavy (non-hydrogen) atoms. The second kappa shape index (κ2) is 7.11. The van der Waals surface area contributed by atoms with Crippen molar-refractivity contribution < 1.29 is 18.0 Å². The standard InChI is InChI=1S/C22H17F3N2O/c23-22(24,25)18-8-6-15(7-9-18)17-5-4-16-10-12-27(21(28)20(16)13-17)14-19-3-1-2-11-26-19/h1-9,11,13H,10,12,14H2. The first kappa shape index (κ1) is 18.2. The smallest absolute Gasteiger partial charge is 0.332 e. The molecule has 0 aliphatic carbocycles. The Morgan fingerprint density at radius 1 is 0.964 bits per heavy atom. The van der Waals surface area contributed by atoms with Gasteiger partial charge in [0.05, 0.1) is 17.8 Å². The molecular formula is C22H17F3N2O. The lowest BCUT2D eigenvalue weighted by Crippen LogP contribution is -2.37. The normalized spacial score (nSPS) is 14.1. The van der Waals surface area contributed by atoms with E-state index in [4.69, 9.17) is 0 Å². The number of benzene rings is 2. The van der Waals surface area contributed by atoms with Crippen molar-refractivity contribution in [2.75, 3.05) is 6.54 Å². The van der Waals surface area contributed by atoms with Gasteiger partial charge in [-0.3, -0.25) is 9.78 Å². The van der Waals surface area contributed by atoms with Crippen molar-refractivity contribution >= 4 is 5.91 Å². The van der Waals surface area contributed by atoms with Crippen LogP contribution in [0.1, 0.15) is 27.2 Å². The van der Waals surface area contributed by atoms with Crippen molar-refractivity contribution in [2.24, 2.45) is 0 Å². The molecule has 142 valence electrons. The summed E-state index contributed by atoms with van der Waals surface area (Å²) in [4.78, 5) is 19.0. The Morgan fingerprint density at radius 2 is 1.71 bits per heavy atom. The van der Waals surface area contributed by atoms with Gasteiger partial charge >= 0.3 is 6.18 Å². The number of fused-ring (bicyclic) bond motifs is 1. The minimum atomic E-state index is -4.36. The van der Waals surface area contributed by atoms with Crippen LogP contribution in [-0.2, 0) is 19.1 Å². The van der Waals surface area contributed by atoms with Gasteiger partial charge < -0.3 is 4.90 Å². The molecular weight excluding hydrogens is 365 g/mol. The Labute approximate surface area is 160 Å². The van der Waals surface area contributed by atoms with E-state index in [1.807, 2.05) is 30.3 Å². The van der Waals surface area contributed by atoms with Crippen LogP contribution in [0, 0.1) is 0 Å². The van der Waals surface area contributed by atoms with Crippen molar-refractivity contribution in [3.05, 3.63) is 89.2 Å². The van der Waals surface area contributed by atoms with Gasteiger partial charge in [-0.1, -0.05) is 30.3 Å². The van der Waals surface area contributed by atoms with Crippen LogP contribution in [0.4, 0.5) is 13.2 Å². The van der Waals surface area contributed by atoms with E-state index < -0.39 is 11.7 Å². The van der Waals surface area contributed by atoms with Crippen molar-refractivity contribution in [1.82, 2.24) is 9.88 Å². The van der Waals surface area contributed by atoms with E-state index in [0.29, 0.717) is 24.2 Å². The van der Waals surface area contributed by atoms with E-state index in [1.165, 1.54) is 12.1 Å². The third-order valence-corrected chi connectivity index (χ3v) is 4.90. The fraction of sp³-hybridized carbons (Fsp3) is 0.182. The third-order valence-electron chi connectivity index (χ3n) is 4.90. The molecule has 3 aromatic rings. The van der Waals surface area contributed by atoms with E-state index in [0.717, 1.165) is 35.4 Å². The minimum Gasteiger partial charge on any atom is -0.332 e. The highest BCUT2D eigenvalue weighted by Gasteiger charge is 2.30. The molecule has 4 rings (SSSR count). The molecule has 1 aliphatic rings. The lowest BCUT2D eigenvalue weighted by Gasteiger charge is -2.28. The lowest BCUT2D eigenvalue weighted by atomic mass is 9.93. The Balaban J connectivity index is 1.60. The number of carbonyl (C=O) groups is 1. The summed E-state index contributed by atoms with van der Waals surface area (Å²) < 4.78 is 38.3. The fourth-order valence-electron chi connectivity index (χ4n) is 3.39.